The van der Waals surface area contributed by atoms with E-state index in [2.05, 4.69) is 37.2 Å². The van der Waals surface area contributed by atoms with Crippen molar-refractivity contribution >= 4 is 61.5 Å². The Labute approximate surface area is 225 Å². The van der Waals surface area contributed by atoms with Crippen LogP contribution in [0.5, 0.6) is 11.5 Å². The molecule has 9 heteroatoms. The number of halogens is 2. The number of anilines is 1. The summed E-state index contributed by atoms with van der Waals surface area (Å²) in [5.74, 6) is -0.573. The highest BCUT2D eigenvalue weighted by Gasteiger charge is 2.37. The summed E-state index contributed by atoms with van der Waals surface area (Å²) in [5, 5.41) is 2.25. The number of methoxy groups -OCH3 is 1. The van der Waals surface area contributed by atoms with E-state index in [4.69, 9.17) is 9.47 Å². The quantitative estimate of drug-likeness (QED) is 0.269. The molecule has 0 aromatic heterocycles. The molecule has 1 fully saturated rings. The zero-order valence-corrected chi connectivity index (χ0v) is 22.9. The number of amides is 4. The zero-order valence-electron chi connectivity index (χ0n) is 19.7. The maximum Gasteiger partial charge on any atom is 0.335 e. The average Bonchev–Trinajstić information content (AvgIpc) is 2.81. The number of carbonyl (C=O) groups is 3. The number of imide groups is 2. The van der Waals surface area contributed by atoms with Crippen molar-refractivity contribution in [3.8, 4) is 11.5 Å². The first kappa shape index (κ1) is 25.7. The zero-order chi connectivity index (χ0) is 26.0. The predicted octanol–water partition coefficient (Wildman–Crippen LogP) is 6.08. The van der Waals surface area contributed by atoms with Crippen molar-refractivity contribution in [2.24, 2.45) is 0 Å². The molecule has 1 saturated heterocycles. The van der Waals surface area contributed by atoms with Crippen LogP contribution in [0, 0.1) is 13.8 Å². The standard InChI is InChI=1S/C27H22Br2N2O5/c1-15-8-16(2)10-20(9-15)31-26(33)21(25(32)30-27(31)34)11-18-12-23(35-3)24(13-22(18)29)36-14-17-4-6-19(28)7-5-17/h4-13H,14H2,1-3H3,(H,30,32,34)/b21-11+. The third-order valence-electron chi connectivity index (χ3n) is 5.46. The summed E-state index contributed by atoms with van der Waals surface area (Å²) in [6, 6.07) is 15.7. The van der Waals surface area contributed by atoms with Crippen LogP contribution in [0.15, 0.2) is 69.1 Å². The number of barbiturate groups is 1. The first-order valence-corrected chi connectivity index (χ1v) is 12.5. The smallest absolute Gasteiger partial charge is 0.335 e. The minimum atomic E-state index is -0.791. The molecule has 0 spiro atoms. The number of ether oxygens (including phenoxy) is 2. The maximum absolute atomic E-state index is 13.3. The van der Waals surface area contributed by atoms with Crippen LogP contribution in [0.1, 0.15) is 22.3 Å². The third kappa shape index (κ3) is 5.52. The molecule has 0 atom stereocenters. The Morgan fingerprint density at radius 1 is 0.917 bits per heavy atom. The maximum atomic E-state index is 13.3. The Bertz CT molecular complexity index is 1380. The van der Waals surface area contributed by atoms with Crippen LogP contribution >= 0.6 is 31.9 Å². The highest BCUT2D eigenvalue weighted by atomic mass is 79.9. The van der Waals surface area contributed by atoms with Crippen molar-refractivity contribution in [3.63, 3.8) is 0 Å². The van der Waals surface area contributed by atoms with Crippen LogP contribution < -0.4 is 19.7 Å². The van der Waals surface area contributed by atoms with Gasteiger partial charge in [0.1, 0.15) is 12.2 Å². The SMILES string of the molecule is COc1cc(/C=C2\C(=O)NC(=O)N(c3cc(C)cc(C)c3)C2=O)c(Br)cc1OCc1ccc(Br)cc1. The highest BCUT2D eigenvalue weighted by molar-refractivity contribution is 9.10. The molecule has 1 aliphatic heterocycles. The molecule has 184 valence electrons. The van der Waals surface area contributed by atoms with Crippen LogP contribution in [0.3, 0.4) is 0 Å². The van der Waals surface area contributed by atoms with Gasteiger partial charge in [0.25, 0.3) is 11.8 Å². The lowest BCUT2D eigenvalue weighted by Crippen LogP contribution is -2.54. The van der Waals surface area contributed by atoms with Crippen LogP contribution in [-0.4, -0.2) is 25.0 Å². The number of benzene rings is 3. The third-order valence-corrected chi connectivity index (χ3v) is 6.67. The Balaban J connectivity index is 1.65. The molecule has 1 heterocycles. The molecular weight excluding hydrogens is 592 g/mol. The van der Waals surface area contributed by atoms with Crippen LogP contribution in [-0.2, 0) is 16.2 Å². The van der Waals surface area contributed by atoms with E-state index in [-0.39, 0.29) is 5.57 Å². The summed E-state index contributed by atoms with van der Waals surface area (Å²) in [7, 11) is 1.51. The fourth-order valence-electron chi connectivity index (χ4n) is 3.80. The van der Waals surface area contributed by atoms with Gasteiger partial charge in [0, 0.05) is 8.95 Å². The van der Waals surface area contributed by atoms with Gasteiger partial charge in [0.05, 0.1) is 12.8 Å². The van der Waals surface area contributed by atoms with Gasteiger partial charge in [-0.25, -0.2) is 9.69 Å². The molecule has 0 aliphatic carbocycles. The predicted molar refractivity (Wildman–Crippen MR) is 144 cm³/mol. The van der Waals surface area contributed by atoms with E-state index in [1.54, 1.807) is 24.3 Å². The Kier molecular flexibility index (Phi) is 7.61. The summed E-state index contributed by atoms with van der Waals surface area (Å²) < 4.78 is 13.0. The number of hydrogen-bond acceptors (Lipinski definition) is 5. The fraction of sp³-hybridized carbons (Fsp3) is 0.148. The van der Waals surface area contributed by atoms with Gasteiger partial charge >= 0.3 is 6.03 Å². The number of carbonyl (C=O) groups excluding carboxylic acids is 3. The molecule has 0 radical (unpaired) electrons. The summed E-state index contributed by atoms with van der Waals surface area (Å²) in [6.45, 7) is 4.06. The number of nitrogens with zero attached hydrogens (tertiary/aromatic N) is 1. The lowest BCUT2D eigenvalue weighted by Gasteiger charge is -2.27. The van der Waals surface area contributed by atoms with Crippen molar-refractivity contribution in [2.45, 2.75) is 20.5 Å². The van der Waals surface area contributed by atoms with E-state index < -0.39 is 17.8 Å². The summed E-state index contributed by atoms with van der Waals surface area (Å²) >= 11 is 6.90. The van der Waals surface area contributed by atoms with E-state index in [1.807, 2.05) is 44.2 Å². The van der Waals surface area contributed by atoms with E-state index >= 15 is 0 Å². The van der Waals surface area contributed by atoms with Crippen molar-refractivity contribution in [3.05, 3.63) is 91.4 Å². The molecule has 0 bridgehead atoms. The second kappa shape index (κ2) is 10.7. The van der Waals surface area contributed by atoms with Gasteiger partial charge in [0.15, 0.2) is 11.5 Å². The van der Waals surface area contributed by atoms with Gasteiger partial charge in [-0.2, -0.15) is 0 Å². The molecule has 0 unspecified atom stereocenters. The molecule has 36 heavy (non-hydrogen) atoms. The minimum Gasteiger partial charge on any atom is -0.493 e. The second-order valence-corrected chi connectivity index (χ2v) is 10.0. The summed E-state index contributed by atoms with van der Waals surface area (Å²) in [4.78, 5) is 39.4. The summed E-state index contributed by atoms with van der Waals surface area (Å²) in [6.07, 6.45) is 1.42. The Hall–Kier alpha value is -3.43. The van der Waals surface area contributed by atoms with Gasteiger partial charge in [-0.15, -0.1) is 0 Å². The molecule has 1 aliphatic rings. The lowest BCUT2D eigenvalue weighted by atomic mass is 10.0. The molecule has 3 aromatic carbocycles. The minimum absolute atomic E-state index is 0.181. The number of hydrogen-bond donors (Lipinski definition) is 1. The molecule has 4 amide bonds. The van der Waals surface area contributed by atoms with E-state index in [1.165, 1.54) is 13.2 Å². The van der Waals surface area contributed by atoms with Gasteiger partial charge in [0.2, 0.25) is 0 Å². The van der Waals surface area contributed by atoms with E-state index in [0.717, 1.165) is 26.1 Å². The number of rotatable bonds is 6. The largest absolute Gasteiger partial charge is 0.493 e. The number of nitrogens with one attached hydrogen (secondary N) is 1. The molecular formula is C27H22Br2N2O5. The van der Waals surface area contributed by atoms with Gasteiger partial charge in [-0.1, -0.05) is 50.1 Å². The van der Waals surface area contributed by atoms with Gasteiger partial charge in [-0.05, 0) is 78.6 Å². The Morgan fingerprint density at radius 2 is 1.58 bits per heavy atom. The highest BCUT2D eigenvalue weighted by Crippen LogP contribution is 2.36. The van der Waals surface area contributed by atoms with E-state index in [9.17, 15) is 14.4 Å². The lowest BCUT2D eigenvalue weighted by molar-refractivity contribution is -0.122. The van der Waals surface area contributed by atoms with Crippen LogP contribution in [0.2, 0.25) is 0 Å². The molecule has 1 N–H and O–H groups in total. The second-order valence-electron chi connectivity index (χ2n) is 8.24. The summed E-state index contributed by atoms with van der Waals surface area (Å²) in [5.41, 5.74) is 3.47. The number of urea groups is 1. The van der Waals surface area contributed by atoms with Gasteiger partial charge in [-0.3, -0.25) is 14.9 Å². The monoisotopic (exact) mass is 612 g/mol. The van der Waals surface area contributed by atoms with Crippen molar-refractivity contribution in [1.29, 1.82) is 0 Å². The first-order valence-electron chi connectivity index (χ1n) is 10.9. The molecule has 3 aromatic rings. The topological polar surface area (TPSA) is 84.9 Å². The molecule has 0 saturated carbocycles. The van der Waals surface area contributed by atoms with Crippen LogP contribution in [0.4, 0.5) is 10.5 Å². The average molecular weight is 614 g/mol. The van der Waals surface area contributed by atoms with Crippen molar-refractivity contribution in [1.82, 2.24) is 5.32 Å². The first-order chi connectivity index (χ1) is 17.2. The fourth-order valence-corrected chi connectivity index (χ4v) is 4.50. The van der Waals surface area contributed by atoms with Crippen LogP contribution in [0.25, 0.3) is 6.08 Å². The number of aryl methyl sites for hydroxylation is 2. The molecule has 4 rings (SSSR count). The normalized spacial score (nSPS) is 14.8. The molecule has 7 nitrogen and oxygen atoms in total. The Morgan fingerprint density at radius 3 is 2.22 bits per heavy atom. The van der Waals surface area contributed by atoms with E-state index in [0.29, 0.717) is 33.8 Å². The van der Waals surface area contributed by atoms with Crippen molar-refractivity contribution in [2.75, 3.05) is 12.0 Å². The van der Waals surface area contributed by atoms with Gasteiger partial charge < -0.3 is 9.47 Å². The van der Waals surface area contributed by atoms with Crippen molar-refractivity contribution < 1.29 is 23.9 Å².